The molecular weight excluding hydrogens is 230 g/mol. The van der Waals surface area contributed by atoms with E-state index < -0.39 is 22.8 Å². The van der Waals surface area contributed by atoms with Gasteiger partial charge in [0.1, 0.15) is 0 Å². The molecule has 0 heterocycles. The third-order valence-corrected chi connectivity index (χ3v) is 1.64. The van der Waals surface area contributed by atoms with Gasteiger partial charge in [-0.05, 0) is 62.3 Å². The molecule has 0 aliphatic carbocycles. The van der Waals surface area contributed by atoms with Crippen LogP contribution in [0, 0.1) is 0 Å². The molecule has 0 saturated carbocycles. The van der Waals surface area contributed by atoms with Crippen molar-refractivity contribution in [2.24, 2.45) is 5.73 Å². The highest BCUT2D eigenvalue weighted by Crippen LogP contribution is 2.31. The molecule has 0 fully saturated rings. The molecule has 0 rings (SSSR count). The van der Waals surface area contributed by atoms with E-state index >= 15 is 0 Å². The SMILES string of the molecule is CC(C)(C)OC(CN)(OC(C)(C)C)OC(C)(C)C. The zero-order valence-corrected chi connectivity index (χ0v) is 13.5. The van der Waals surface area contributed by atoms with Crippen LogP contribution in [0.3, 0.4) is 0 Å². The molecule has 2 N–H and O–H groups in total. The first kappa shape index (κ1) is 17.8. The second-order valence-electron chi connectivity index (χ2n) is 7.53. The Bertz CT molecular complexity index is 215. The predicted octanol–water partition coefficient (Wildman–Crippen LogP) is 3.04. The summed E-state index contributed by atoms with van der Waals surface area (Å²) in [5.74, 6) is -1.23. The Morgan fingerprint density at radius 1 is 0.611 bits per heavy atom. The molecule has 0 aliphatic heterocycles. The molecule has 0 unspecified atom stereocenters. The molecule has 0 aliphatic rings. The van der Waals surface area contributed by atoms with Crippen LogP contribution in [0.1, 0.15) is 62.3 Å². The van der Waals surface area contributed by atoms with Crippen molar-refractivity contribution >= 4 is 0 Å². The van der Waals surface area contributed by atoms with E-state index in [9.17, 15) is 0 Å². The van der Waals surface area contributed by atoms with Crippen LogP contribution in [0.2, 0.25) is 0 Å². The van der Waals surface area contributed by atoms with Crippen molar-refractivity contribution in [3.8, 4) is 0 Å². The monoisotopic (exact) mass is 261 g/mol. The highest BCUT2D eigenvalue weighted by molar-refractivity contribution is 4.75. The van der Waals surface area contributed by atoms with Crippen molar-refractivity contribution < 1.29 is 14.2 Å². The van der Waals surface area contributed by atoms with Gasteiger partial charge in [-0.1, -0.05) is 0 Å². The number of hydrogen-bond acceptors (Lipinski definition) is 4. The van der Waals surface area contributed by atoms with Gasteiger partial charge in [-0.25, -0.2) is 0 Å². The molecule has 0 aromatic carbocycles. The smallest absolute Gasteiger partial charge is 0.297 e. The third kappa shape index (κ3) is 8.03. The normalized spacial score (nSPS) is 15.0. The molecule has 0 radical (unpaired) electrons. The third-order valence-electron chi connectivity index (χ3n) is 1.64. The zero-order chi connectivity index (χ0) is 14.8. The summed E-state index contributed by atoms with van der Waals surface area (Å²) in [7, 11) is 0. The lowest BCUT2D eigenvalue weighted by Crippen LogP contribution is -2.56. The van der Waals surface area contributed by atoms with Crippen molar-refractivity contribution in [2.45, 2.75) is 85.1 Å². The van der Waals surface area contributed by atoms with Gasteiger partial charge < -0.3 is 19.9 Å². The zero-order valence-electron chi connectivity index (χ0n) is 13.5. The van der Waals surface area contributed by atoms with Crippen LogP contribution >= 0.6 is 0 Å². The van der Waals surface area contributed by atoms with Gasteiger partial charge in [0, 0.05) is 0 Å². The second kappa shape index (κ2) is 5.45. The molecule has 4 heteroatoms. The average Bonchev–Trinajstić information content (AvgIpc) is 1.93. The maximum absolute atomic E-state index is 5.96. The molecule has 0 bridgehead atoms. The highest BCUT2D eigenvalue weighted by Gasteiger charge is 2.43. The van der Waals surface area contributed by atoms with Gasteiger partial charge >= 0.3 is 0 Å². The Hall–Kier alpha value is -0.160. The van der Waals surface area contributed by atoms with Gasteiger partial charge in [0.2, 0.25) is 0 Å². The molecular formula is C14H31NO3. The molecule has 0 atom stereocenters. The van der Waals surface area contributed by atoms with Gasteiger partial charge in [0.15, 0.2) is 0 Å². The van der Waals surface area contributed by atoms with E-state index in [4.69, 9.17) is 19.9 Å². The summed E-state index contributed by atoms with van der Waals surface area (Å²) in [6.45, 7) is 17.7. The van der Waals surface area contributed by atoms with Crippen LogP contribution in [-0.2, 0) is 14.2 Å². The summed E-state index contributed by atoms with van der Waals surface area (Å²) < 4.78 is 17.9. The molecule has 0 aromatic heterocycles. The summed E-state index contributed by atoms with van der Waals surface area (Å²) in [6, 6.07) is 0. The lowest BCUT2D eigenvalue weighted by Gasteiger charge is -2.44. The van der Waals surface area contributed by atoms with E-state index in [0.29, 0.717) is 0 Å². The Balaban J connectivity index is 5.20. The molecule has 18 heavy (non-hydrogen) atoms. The lowest BCUT2D eigenvalue weighted by molar-refractivity contribution is -0.441. The summed E-state index contributed by atoms with van der Waals surface area (Å²) in [6.07, 6.45) is 0. The minimum absolute atomic E-state index is 0.138. The van der Waals surface area contributed by atoms with Crippen LogP contribution < -0.4 is 5.73 Å². The number of nitrogens with two attached hydrogens (primary N) is 1. The van der Waals surface area contributed by atoms with E-state index in [1.165, 1.54) is 0 Å². The fourth-order valence-corrected chi connectivity index (χ4v) is 1.59. The molecule has 0 saturated heterocycles. The van der Waals surface area contributed by atoms with Crippen LogP contribution in [0.15, 0.2) is 0 Å². The van der Waals surface area contributed by atoms with Crippen molar-refractivity contribution in [1.82, 2.24) is 0 Å². The van der Waals surface area contributed by atoms with Gasteiger partial charge in [0.25, 0.3) is 5.97 Å². The fraction of sp³-hybridized carbons (Fsp3) is 1.00. The molecule has 110 valence electrons. The largest absolute Gasteiger partial charge is 0.324 e. The summed E-state index contributed by atoms with van der Waals surface area (Å²) in [5, 5.41) is 0. The quantitative estimate of drug-likeness (QED) is 0.790. The van der Waals surface area contributed by atoms with Gasteiger partial charge in [-0.3, -0.25) is 0 Å². The van der Waals surface area contributed by atoms with Gasteiger partial charge in [0.05, 0.1) is 23.3 Å². The van der Waals surface area contributed by atoms with Crippen LogP contribution in [0.5, 0.6) is 0 Å². The van der Waals surface area contributed by atoms with Crippen molar-refractivity contribution in [1.29, 1.82) is 0 Å². The second-order valence-corrected chi connectivity index (χ2v) is 7.53. The average molecular weight is 261 g/mol. The predicted molar refractivity (Wildman–Crippen MR) is 74.3 cm³/mol. The summed E-state index contributed by atoms with van der Waals surface area (Å²) >= 11 is 0. The summed E-state index contributed by atoms with van der Waals surface area (Å²) in [4.78, 5) is 0. The lowest BCUT2D eigenvalue weighted by atomic mass is 10.1. The minimum atomic E-state index is -1.23. The first-order chi connectivity index (χ1) is 7.68. The topological polar surface area (TPSA) is 53.7 Å². The van der Waals surface area contributed by atoms with Crippen molar-refractivity contribution in [3.05, 3.63) is 0 Å². The van der Waals surface area contributed by atoms with E-state index in [1.807, 2.05) is 62.3 Å². The molecule has 0 amide bonds. The first-order valence-corrected chi connectivity index (χ1v) is 6.49. The first-order valence-electron chi connectivity index (χ1n) is 6.49. The van der Waals surface area contributed by atoms with Crippen LogP contribution in [0.4, 0.5) is 0 Å². The number of ether oxygens (including phenoxy) is 3. The molecule has 4 nitrogen and oxygen atoms in total. The Labute approximate surface area is 112 Å². The maximum Gasteiger partial charge on any atom is 0.297 e. The highest BCUT2D eigenvalue weighted by atomic mass is 16.9. The minimum Gasteiger partial charge on any atom is -0.324 e. The number of rotatable bonds is 4. The molecule has 0 aromatic rings. The van der Waals surface area contributed by atoms with Crippen LogP contribution in [-0.4, -0.2) is 29.3 Å². The Morgan fingerprint density at radius 2 is 0.833 bits per heavy atom. The number of hydrogen-bond donors (Lipinski definition) is 1. The molecule has 0 spiro atoms. The van der Waals surface area contributed by atoms with Gasteiger partial charge in [-0.15, -0.1) is 0 Å². The van der Waals surface area contributed by atoms with Crippen LogP contribution in [0.25, 0.3) is 0 Å². The van der Waals surface area contributed by atoms with E-state index in [0.717, 1.165) is 0 Å². The summed E-state index contributed by atoms with van der Waals surface area (Å²) in [5.41, 5.74) is 4.63. The standard InChI is InChI=1S/C14H31NO3/c1-11(2,3)16-14(10-15,17-12(4,5)6)18-13(7,8)9/h10,15H2,1-9H3. The Kier molecular flexibility index (Phi) is 5.40. The Morgan fingerprint density at radius 3 is 0.944 bits per heavy atom. The van der Waals surface area contributed by atoms with Crippen molar-refractivity contribution in [3.63, 3.8) is 0 Å². The van der Waals surface area contributed by atoms with E-state index in [-0.39, 0.29) is 6.54 Å². The van der Waals surface area contributed by atoms with Crippen molar-refractivity contribution in [2.75, 3.05) is 6.54 Å². The van der Waals surface area contributed by atoms with E-state index in [2.05, 4.69) is 0 Å². The van der Waals surface area contributed by atoms with E-state index in [1.54, 1.807) is 0 Å². The fourth-order valence-electron chi connectivity index (χ4n) is 1.59. The van der Waals surface area contributed by atoms with Gasteiger partial charge in [-0.2, -0.15) is 0 Å². The maximum atomic E-state index is 5.96.